The van der Waals surface area contributed by atoms with Crippen LogP contribution in [-0.2, 0) is 11.2 Å². The molecule has 0 fully saturated rings. The second kappa shape index (κ2) is 6.23. The van der Waals surface area contributed by atoms with Crippen molar-refractivity contribution < 1.29 is 13.9 Å². The zero-order chi connectivity index (χ0) is 12.8. The molecule has 94 valence electrons. The van der Waals surface area contributed by atoms with Crippen molar-refractivity contribution in [1.29, 1.82) is 0 Å². The van der Waals surface area contributed by atoms with Crippen molar-refractivity contribution >= 4 is 5.91 Å². The Labute approximate surface area is 101 Å². The zero-order valence-electron chi connectivity index (χ0n) is 10.4. The summed E-state index contributed by atoms with van der Waals surface area (Å²) < 4.78 is 18.1. The van der Waals surface area contributed by atoms with Crippen LogP contribution < -0.4 is 10.1 Å². The SMILES string of the molecule is COc1ccc(F)cc1CC(=O)NCC(C)C. The number of benzene rings is 1. The molecule has 1 amide bonds. The van der Waals surface area contributed by atoms with Gasteiger partial charge >= 0.3 is 0 Å². The second-order valence-corrected chi connectivity index (χ2v) is 4.33. The van der Waals surface area contributed by atoms with Gasteiger partial charge in [0, 0.05) is 12.1 Å². The number of hydrogen-bond acceptors (Lipinski definition) is 2. The number of hydrogen-bond donors (Lipinski definition) is 1. The van der Waals surface area contributed by atoms with E-state index in [9.17, 15) is 9.18 Å². The minimum atomic E-state index is -0.363. The normalized spacial score (nSPS) is 10.4. The molecule has 1 rings (SSSR count). The summed E-state index contributed by atoms with van der Waals surface area (Å²) >= 11 is 0. The molecule has 0 aliphatic carbocycles. The van der Waals surface area contributed by atoms with Crippen molar-refractivity contribution in [1.82, 2.24) is 5.32 Å². The van der Waals surface area contributed by atoms with Gasteiger partial charge in [0.05, 0.1) is 13.5 Å². The highest BCUT2D eigenvalue weighted by molar-refractivity contribution is 5.79. The molecule has 0 radical (unpaired) electrons. The average molecular weight is 239 g/mol. The van der Waals surface area contributed by atoms with Crippen molar-refractivity contribution in [2.45, 2.75) is 20.3 Å². The third kappa shape index (κ3) is 4.43. The molecule has 1 aromatic carbocycles. The first-order valence-corrected chi connectivity index (χ1v) is 5.62. The molecule has 17 heavy (non-hydrogen) atoms. The van der Waals surface area contributed by atoms with E-state index in [1.807, 2.05) is 13.8 Å². The van der Waals surface area contributed by atoms with Gasteiger partial charge < -0.3 is 10.1 Å². The Hall–Kier alpha value is -1.58. The summed E-state index contributed by atoms with van der Waals surface area (Å²) in [6, 6.07) is 4.17. The molecule has 0 aliphatic rings. The quantitative estimate of drug-likeness (QED) is 0.855. The third-order valence-corrected chi connectivity index (χ3v) is 2.30. The van der Waals surface area contributed by atoms with Crippen molar-refractivity contribution in [3.8, 4) is 5.75 Å². The Balaban J connectivity index is 2.66. The van der Waals surface area contributed by atoms with Crippen LogP contribution in [0.2, 0.25) is 0 Å². The summed E-state index contributed by atoms with van der Waals surface area (Å²) in [5.41, 5.74) is 0.564. The van der Waals surface area contributed by atoms with Crippen molar-refractivity contribution in [2.24, 2.45) is 5.92 Å². The molecule has 4 heteroatoms. The van der Waals surface area contributed by atoms with Gasteiger partial charge in [-0.25, -0.2) is 4.39 Å². The molecule has 0 saturated carbocycles. The summed E-state index contributed by atoms with van der Waals surface area (Å²) in [6.07, 6.45) is 0.133. The largest absolute Gasteiger partial charge is 0.496 e. The molecular formula is C13H18FNO2. The van der Waals surface area contributed by atoms with Gasteiger partial charge in [-0.2, -0.15) is 0 Å². The number of carbonyl (C=O) groups is 1. The summed E-state index contributed by atoms with van der Waals surface area (Å²) in [6.45, 7) is 4.66. The maximum atomic E-state index is 13.1. The minimum Gasteiger partial charge on any atom is -0.496 e. The van der Waals surface area contributed by atoms with E-state index in [0.717, 1.165) is 0 Å². The maximum Gasteiger partial charge on any atom is 0.224 e. The van der Waals surface area contributed by atoms with Crippen LogP contribution in [0.25, 0.3) is 0 Å². The van der Waals surface area contributed by atoms with Gasteiger partial charge in [0.1, 0.15) is 11.6 Å². The summed E-state index contributed by atoms with van der Waals surface area (Å²) in [5, 5.41) is 2.78. The molecule has 0 bridgehead atoms. The predicted molar refractivity (Wildman–Crippen MR) is 64.5 cm³/mol. The highest BCUT2D eigenvalue weighted by atomic mass is 19.1. The van der Waals surface area contributed by atoms with E-state index in [-0.39, 0.29) is 18.1 Å². The van der Waals surface area contributed by atoms with Crippen LogP contribution in [0.15, 0.2) is 18.2 Å². The van der Waals surface area contributed by atoms with Gasteiger partial charge in [-0.05, 0) is 24.1 Å². The standard InChI is InChI=1S/C13H18FNO2/c1-9(2)8-15-13(16)7-10-6-11(14)4-5-12(10)17-3/h4-6,9H,7-8H2,1-3H3,(H,15,16). The van der Waals surface area contributed by atoms with Crippen LogP contribution in [0.3, 0.4) is 0 Å². The summed E-state index contributed by atoms with van der Waals surface area (Å²) in [5.74, 6) is 0.444. The van der Waals surface area contributed by atoms with Crippen molar-refractivity contribution in [3.63, 3.8) is 0 Å². The molecule has 0 saturated heterocycles. The number of halogens is 1. The second-order valence-electron chi connectivity index (χ2n) is 4.33. The molecule has 3 nitrogen and oxygen atoms in total. The highest BCUT2D eigenvalue weighted by Gasteiger charge is 2.10. The third-order valence-electron chi connectivity index (χ3n) is 2.30. The maximum absolute atomic E-state index is 13.1. The fourth-order valence-corrected chi connectivity index (χ4v) is 1.44. The van der Waals surface area contributed by atoms with E-state index >= 15 is 0 Å². The lowest BCUT2D eigenvalue weighted by Crippen LogP contribution is -2.28. The van der Waals surface area contributed by atoms with E-state index in [2.05, 4.69) is 5.32 Å². The molecule has 1 N–H and O–H groups in total. The molecule has 0 aromatic heterocycles. The van der Waals surface area contributed by atoms with Gasteiger partial charge in [0.15, 0.2) is 0 Å². The van der Waals surface area contributed by atoms with Gasteiger partial charge in [0.2, 0.25) is 5.91 Å². The Morgan fingerprint density at radius 1 is 1.47 bits per heavy atom. The van der Waals surface area contributed by atoms with E-state index in [4.69, 9.17) is 4.74 Å². The zero-order valence-corrected chi connectivity index (χ0v) is 10.4. The van der Waals surface area contributed by atoms with Crippen molar-refractivity contribution in [2.75, 3.05) is 13.7 Å². The monoisotopic (exact) mass is 239 g/mol. The number of rotatable bonds is 5. The van der Waals surface area contributed by atoms with Gasteiger partial charge in [-0.3, -0.25) is 4.79 Å². The fourth-order valence-electron chi connectivity index (χ4n) is 1.44. The van der Waals surface area contributed by atoms with Gasteiger partial charge in [-0.15, -0.1) is 0 Å². The van der Waals surface area contributed by atoms with Crippen LogP contribution in [0.1, 0.15) is 19.4 Å². The fraction of sp³-hybridized carbons (Fsp3) is 0.462. The van der Waals surface area contributed by atoms with Gasteiger partial charge in [0.25, 0.3) is 0 Å². The van der Waals surface area contributed by atoms with E-state index in [0.29, 0.717) is 23.8 Å². The van der Waals surface area contributed by atoms with Crippen molar-refractivity contribution in [3.05, 3.63) is 29.6 Å². The first-order chi connectivity index (χ1) is 8.02. The Morgan fingerprint density at radius 2 is 2.18 bits per heavy atom. The molecule has 0 heterocycles. The molecule has 0 spiro atoms. The number of ether oxygens (including phenoxy) is 1. The number of amides is 1. The molecule has 0 aliphatic heterocycles. The van der Waals surface area contributed by atoms with Crippen LogP contribution >= 0.6 is 0 Å². The molecule has 1 aromatic rings. The highest BCUT2D eigenvalue weighted by Crippen LogP contribution is 2.19. The first kappa shape index (κ1) is 13.5. The van der Waals surface area contributed by atoms with E-state index < -0.39 is 0 Å². The first-order valence-electron chi connectivity index (χ1n) is 5.62. The van der Waals surface area contributed by atoms with Crippen LogP contribution in [0.5, 0.6) is 5.75 Å². The van der Waals surface area contributed by atoms with Crippen LogP contribution in [-0.4, -0.2) is 19.6 Å². The summed E-state index contributed by atoms with van der Waals surface area (Å²) in [7, 11) is 1.50. The lowest BCUT2D eigenvalue weighted by molar-refractivity contribution is -0.120. The number of nitrogens with one attached hydrogen (secondary N) is 1. The Bertz CT molecular complexity index is 391. The molecular weight excluding hydrogens is 221 g/mol. The average Bonchev–Trinajstić information content (AvgIpc) is 2.27. The van der Waals surface area contributed by atoms with E-state index in [1.165, 1.54) is 25.3 Å². The number of carbonyl (C=O) groups excluding carboxylic acids is 1. The Morgan fingerprint density at radius 3 is 2.76 bits per heavy atom. The smallest absolute Gasteiger partial charge is 0.224 e. The summed E-state index contributed by atoms with van der Waals surface area (Å²) in [4.78, 5) is 11.6. The van der Waals surface area contributed by atoms with Gasteiger partial charge in [-0.1, -0.05) is 13.8 Å². The van der Waals surface area contributed by atoms with E-state index in [1.54, 1.807) is 0 Å². The molecule has 0 atom stereocenters. The minimum absolute atomic E-state index is 0.123. The predicted octanol–water partition coefficient (Wildman–Crippen LogP) is 2.15. The Kier molecular flexibility index (Phi) is 4.94. The molecule has 0 unspecified atom stereocenters. The van der Waals surface area contributed by atoms with Crippen LogP contribution in [0, 0.1) is 11.7 Å². The van der Waals surface area contributed by atoms with Crippen LogP contribution in [0.4, 0.5) is 4.39 Å². The number of methoxy groups -OCH3 is 1. The lowest BCUT2D eigenvalue weighted by atomic mass is 10.1. The lowest BCUT2D eigenvalue weighted by Gasteiger charge is -2.10. The topological polar surface area (TPSA) is 38.3 Å².